The molecule has 0 saturated carbocycles. The van der Waals surface area contributed by atoms with Gasteiger partial charge in [0.25, 0.3) is 11.8 Å². The molecular weight excluding hydrogens is 322 g/mol. The Kier molecular flexibility index (Phi) is 4.31. The molecule has 2 N–H and O–H groups in total. The lowest BCUT2D eigenvalue weighted by atomic mass is 10.1. The zero-order chi connectivity index (χ0) is 18.0. The van der Waals surface area contributed by atoms with E-state index in [0.717, 1.165) is 0 Å². The van der Waals surface area contributed by atoms with Crippen LogP contribution in [0.15, 0.2) is 36.4 Å². The number of carbonyl (C=O) groups is 2. The summed E-state index contributed by atoms with van der Waals surface area (Å²) in [6.45, 7) is 5.79. The van der Waals surface area contributed by atoms with E-state index in [1.165, 1.54) is 0 Å². The molecule has 2 amide bonds. The maximum absolute atomic E-state index is 12.4. The molecule has 2 heterocycles. The summed E-state index contributed by atoms with van der Waals surface area (Å²) in [6, 6.07) is 9.85. The Morgan fingerprint density at radius 1 is 1.00 bits per heavy atom. The molecule has 7 nitrogen and oxygen atoms in total. The Balaban J connectivity index is 1.74. The number of hydrogen-bond donors (Lipinski definition) is 2. The summed E-state index contributed by atoms with van der Waals surface area (Å²) in [7, 11) is 0. The van der Waals surface area contributed by atoms with Crippen LogP contribution in [0.2, 0.25) is 0 Å². The van der Waals surface area contributed by atoms with Crippen molar-refractivity contribution < 1.29 is 19.1 Å². The van der Waals surface area contributed by atoms with Gasteiger partial charge in [0.15, 0.2) is 11.5 Å². The monoisotopic (exact) mass is 341 g/mol. The number of anilines is 1. The lowest BCUT2D eigenvalue weighted by Gasteiger charge is -2.20. The number of ether oxygens (including phenoxy) is 2. The van der Waals surface area contributed by atoms with E-state index in [0.29, 0.717) is 17.2 Å². The van der Waals surface area contributed by atoms with Crippen LogP contribution in [-0.2, 0) is 0 Å². The molecule has 1 aliphatic rings. The van der Waals surface area contributed by atoms with Gasteiger partial charge in [-0.05, 0) is 45.0 Å². The second kappa shape index (κ2) is 6.43. The number of nitrogens with zero attached hydrogens (tertiary/aromatic N) is 1. The van der Waals surface area contributed by atoms with E-state index in [1.807, 2.05) is 20.8 Å². The minimum Gasteiger partial charge on any atom is -0.454 e. The standard InChI is InChI=1S/C18H19N3O4/c1-18(2,3)21-17(23)13-6-4-5-12(20-13)16(22)19-11-7-8-14-15(9-11)25-10-24-14/h4-9H,10H2,1-3H3,(H,19,22)(H,21,23). The molecule has 130 valence electrons. The molecule has 2 aromatic rings. The third-order valence-electron chi connectivity index (χ3n) is 3.33. The Labute approximate surface area is 145 Å². The molecule has 3 rings (SSSR count). The number of aromatic nitrogens is 1. The van der Waals surface area contributed by atoms with E-state index < -0.39 is 5.91 Å². The third kappa shape index (κ3) is 4.06. The summed E-state index contributed by atoms with van der Waals surface area (Å²) in [5.41, 5.74) is 0.511. The van der Waals surface area contributed by atoms with Gasteiger partial charge in [-0.25, -0.2) is 4.98 Å². The van der Waals surface area contributed by atoms with Crippen LogP contribution in [0.1, 0.15) is 41.7 Å². The van der Waals surface area contributed by atoms with E-state index in [4.69, 9.17) is 9.47 Å². The summed E-state index contributed by atoms with van der Waals surface area (Å²) < 4.78 is 10.5. The van der Waals surface area contributed by atoms with Crippen LogP contribution in [0.3, 0.4) is 0 Å². The highest BCUT2D eigenvalue weighted by atomic mass is 16.7. The first-order valence-electron chi connectivity index (χ1n) is 7.82. The van der Waals surface area contributed by atoms with E-state index in [1.54, 1.807) is 36.4 Å². The first kappa shape index (κ1) is 16.8. The van der Waals surface area contributed by atoms with Crippen LogP contribution < -0.4 is 20.1 Å². The van der Waals surface area contributed by atoms with Crippen molar-refractivity contribution in [3.05, 3.63) is 47.8 Å². The molecule has 1 aliphatic heterocycles. The van der Waals surface area contributed by atoms with Gasteiger partial charge in [-0.15, -0.1) is 0 Å². The average Bonchev–Trinajstić information content (AvgIpc) is 3.01. The fourth-order valence-corrected chi connectivity index (χ4v) is 2.26. The maximum atomic E-state index is 12.4. The highest BCUT2D eigenvalue weighted by Gasteiger charge is 2.18. The Hall–Kier alpha value is -3.09. The number of pyridine rings is 1. The van der Waals surface area contributed by atoms with Crippen molar-refractivity contribution in [1.29, 1.82) is 0 Å². The summed E-state index contributed by atoms with van der Waals surface area (Å²) in [6.07, 6.45) is 0. The minimum atomic E-state index is -0.413. The highest BCUT2D eigenvalue weighted by molar-refractivity contribution is 6.04. The van der Waals surface area contributed by atoms with Crippen LogP contribution in [0.5, 0.6) is 11.5 Å². The fourth-order valence-electron chi connectivity index (χ4n) is 2.26. The average molecular weight is 341 g/mol. The van der Waals surface area contributed by atoms with Gasteiger partial charge in [0.2, 0.25) is 6.79 Å². The predicted molar refractivity (Wildman–Crippen MR) is 92.0 cm³/mol. The first-order valence-corrected chi connectivity index (χ1v) is 7.82. The van der Waals surface area contributed by atoms with Gasteiger partial charge in [0.05, 0.1) is 0 Å². The first-order chi connectivity index (χ1) is 11.8. The number of nitrogens with one attached hydrogen (secondary N) is 2. The number of hydrogen-bond acceptors (Lipinski definition) is 5. The molecule has 25 heavy (non-hydrogen) atoms. The summed E-state index contributed by atoms with van der Waals surface area (Å²) in [5.74, 6) is 0.468. The molecular formula is C18H19N3O4. The molecule has 0 bridgehead atoms. The number of benzene rings is 1. The molecule has 0 fully saturated rings. The summed E-state index contributed by atoms with van der Waals surface area (Å²) in [4.78, 5) is 28.7. The topological polar surface area (TPSA) is 89.6 Å². The molecule has 7 heteroatoms. The number of rotatable bonds is 3. The highest BCUT2D eigenvalue weighted by Crippen LogP contribution is 2.34. The smallest absolute Gasteiger partial charge is 0.274 e. The number of carbonyl (C=O) groups excluding carboxylic acids is 2. The molecule has 0 radical (unpaired) electrons. The molecule has 0 unspecified atom stereocenters. The van der Waals surface area contributed by atoms with Crippen molar-refractivity contribution in [1.82, 2.24) is 10.3 Å². The van der Waals surface area contributed by atoms with Crippen LogP contribution in [0.25, 0.3) is 0 Å². The minimum absolute atomic E-state index is 0.152. The lowest BCUT2D eigenvalue weighted by molar-refractivity contribution is 0.0914. The normalized spacial score (nSPS) is 12.6. The quantitative estimate of drug-likeness (QED) is 0.896. The van der Waals surface area contributed by atoms with Gasteiger partial charge in [0.1, 0.15) is 11.4 Å². The van der Waals surface area contributed by atoms with Gasteiger partial charge >= 0.3 is 0 Å². The van der Waals surface area contributed by atoms with Crippen molar-refractivity contribution in [3.63, 3.8) is 0 Å². The predicted octanol–water partition coefficient (Wildman–Crippen LogP) is 2.59. The fraction of sp³-hybridized carbons (Fsp3) is 0.278. The summed E-state index contributed by atoms with van der Waals surface area (Å²) >= 11 is 0. The Bertz CT molecular complexity index is 827. The number of fused-ring (bicyclic) bond motifs is 1. The van der Waals surface area contributed by atoms with Gasteiger partial charge in [-0.1, -0.05) is 6.07 Å². The van der Waals surface area contributed by atoms with Gasteiger partial charge < -0.3 is 20.1 Å². The molecule has 0 saturated heterocycles. The molecule has 0 spiro atoms. The van der Waals surface area contributed by atoms with Crippen LogP contribution in [-0.4, -0.2) is 29.1 Å². The Morgan fingerprint density at radius 2 is 1.68 bits per heavy atom. The van der Waals surface area contributed by atoms with Crippen LogP contribution in [0, 0.1) is 0 Å². The van der Waals surface area contributed by atoms with Gasteiger partial charge in [-0.3, -0.25) is 9.59 Å². The van der Waals surface area contributed by atoms with Crippen LogP contribution in [0.4, 0.5) is 5.69 Å². The lowest BCUT2D eigenvalue weighted by Crippen LogP contribution is -2.41. The van der Waals surface area contributed by atoms with Crippen molar-refractivity contribution in [2.75, 3.05) is 12.1 Å². The zero-order valence-corrected chi connectivity index (χ0v) is 14.3. The summed E-state index contributed by atoms with van der Waals surface area (Å²) in [5, 5.41) is 5.55. The van der Waals surface area contributed by atoms with Crippen molar-refractivity contribution >= 4 is 17.5 Å². The van der Waals surface area contributed by atoms with Gasteiger partial charge in [0, 0.05) is 17.3 Å². The second-order valence-corrected chi connectivity index (χ2v) is 6.63. The molecule has 0 atom stereocenters. The second-order valence-electron chi connectivity index (χ2n) is 6.63. The van der Waals surface area contributed by atoms with E-state index in [9.17, 15) is 9.59 Å². The molecule has 1 aromatic carbocycles. The van der Waals surface area contributed by atoms with Gasteiger partial charge in [-0.2, -0.15) is 0 Å². The third-order valence-corrected chi connectivity index (χ3v) is 3.33. The number of amides is 2. The Morgan fingerprint density at radius 3 is 2.40 bits per heavy atom. The van der Waals surface area contributed by atoms with Crippen molar-refractivity contribution in [3.8, 4) is 11.5 Å². The SMILES string of the molecule is CC(C)(C)NC(=O)c1cccc(C(=O)Nc2ccc3c(c2)OCO3)n1. The maximum Gasteiger partial charge on any atom is 0.274 e. The zero-order valence-electron chi connectivity index (χ0n) is 14.3. The molecule has 1 aromatic heterocycles. The van der Waals surface area contributed by atoms with Crippen molar-refractivity contribution in [2.24, 2.45) is 0 Å². The largest absolute Gasteiger partial charge is 0.454 e. The van der Waals surface area contributed by atoms with E-state index >= 15 is 0 Å². The molecule has 0 aliphatic carbocycles. The van der Waals surface area contributed by atoms with Crippen molar-refractivity contribution in [2.45, 2.75) is 26.3 Å². The van der Waals surface area contributed by atoms with Crippen LogP contribution >= 0.6 is 0 Å². The van der Waals surface area contributed by atoms with E-state index in [-0.39, 0.29) is 29.6 Å². The van der Waals surface area contributed by atoms with E-state index in [2.05, 4.69) is 15.6 Å².